The molecule has 0 aliphatic carbocycles. The molecule has 1 aromatic carbocycles. The van der Waals surface area contributed by atoms with Gasteiger partial charge in [-0.2, -0.15) is 0 Å². The van der Waals surface area contributed by atoms with Gasteiger partial charge >= 0.3 is 0 Å². The Morgan fingerprint density at radius 1 is 1.21 bits per heavy atom. The topological polar surface area (TPSA) is 45.5 Å². The summed E-state index contributed by atoms with van der Waals surface area (Å²) in [6.07, 6.45) is 2.12. The standard InChI is InChI=1S/C19H26N2O2.ClH/c1-12-5-6-13(2)17-16(12)14(3)18(23-17)19(22)21-9-7-15(8-10-21)11-20-4;/h5-6,15,20H,7-11H2,1-4H3;1H. The van der Waals surface area contributed by atoms with Gasteiger partial charge in [-0.1, -0.05) is 12.1 Å². The van der Waals surface area contributed by atoms with Crippen LogP contribution in [0.15, 0.2) is 16.5 Å². The minimum atomic E-state index is 0. The third-order valence-corrected chi connectivity index (χ3v) is 5.07. The van der Waals surface area contributed by atoms with Gasteiger partial charge in [-0.3, -0.25) is 4.79 Å². The van der Waals surface area contributed by atoms with Gasteiger partial charge in [0.15, 0.2) is 5.76 Å². The number of carbonyl (C=O) groups is 1. The Labute approximate surface area is 150 Å². The molecular formula is C19H27ClN2O2. The number of hydrogen-bond donors (Lipinski definition) is 1. The van der Waals surface area contributed by atoms with Crippen molar-refractivity contribution in [1.82, 2.24) is 10.2 Å². The van der Waals surface area contributed by atoms with Gasteiger partial charge in [-0.25, -0.2) is 0 Å². The molecule has 0 radical (unpaired) electrons. The Hall–Kier alpha value is -1.52. The average molecular weight is 351 g/mol. The Balaban J connectivity index is 0.00000208. The molecule has 1 aromatic heterocycles. The van der Waals surface area contributed by atoms with E-state index < -0.39 is 0 Å². The van der Waals surface area contributed by atoms with Crippen LogP contribution >= 0.6 is 12.4 Å². The summed E-state index contributed by atoms with van der Waals surface area (Å²) in [7, 11) is 1.99. The fourth-order valence-electron chi connectivity index (χ4n) is 3.65. The van der Waals surface area contributed by atoms with Crippen LogP contribution in [0.4, 0.5) is 0 Å². The Morgan fingerprint density at radius 3 is 2.42 bits per heavy atom. The molecule has 0 spiro atoms. The second-order valence-electron chi connectivity index (χ2n) is 6.75. The number of benzene rings is 1. The highest BCUT2D eigenvalue weighted by molar-refractivity contribution is 6.00. The van der Waals surface area contributed by atoms with Crippen molar-refractivity contribution >= 4 is 29.3 Å². The predicted molar refractivity (Wildman–Crippen MR) is 100 cm³/mol. The molecule has 1 fully saturated rings. The van der Waals surface area contributed by atoms with Crippen LogP contribution in [0.3, 0.4) is 0 Å². The number of carbonyl (C=O) groups excluding carboxylic acids is 1. The van der Waals surface area contributed by atoms with Crippen molar-refractivity contribution in [3.63, 3.8) is 0 Å². The van der Waals surface area contributed by atoms with E-state index >= 15 is 0 Å². The molecule has 0 bridgehead atoms. The first-order valence-corrected chi connectivity index (χ1v) is 8.46. The fourth-order valence-corrected chi connectivity index (χ4v) is 3.65. The maximum absolute atomic E-state index is 12.9. The number of amides is 1. The van der Waals surface area contributed by atoms with E-state index in [1.165, 1.54) is 5.56 Å². The first kappa shape index (κ1) is 18.8. The first-order valence-electron chi connectivity index (χ1n) is 8.46. The van der Waals surface area contributed by atoms with Gasteiger partial charge in [0, 0.05) is 24.0 Å². The largest absolute Gasteiger partial charge is 0.450 e. The van der Waals surface area contributed by atoms with E-state index in [1.54, 1.807) is 0 Å². The molecule has 5 heteroatoms. The molecule has 0 atom stereocenters. The number of piperidine rings is 1. The summed E-state index contributed by atoms with van der Waals surface area (Å²) < 4.78 is 6.00. The van der Waals surface area contributed by atoms with E-state index in [-0.39, 0.29) is 18.3 Å². The van der Waals surface area contributed by atoms with Crippen LogP contribution in [0.1, 0.15) is 40.1 Å². The van der Waals surface area contributed by atoms with Crippen molar-refractivity contribution in [2.75, 3.05) is 26.7 Å². The van der Waals surface area contributed by atoms with Gasteiger partial charge < -0.3 is 14.6 Å². The van der Waals surface area contributed by atoms with Crippen molar-refractivity contribution < 1.29 is 9.21 Å². The number of nitrogens with zero attached hydrogens (tertiary/aromatic N) is 1. The molecule has 0 unspecified atom stereocenters. The Bertz CT molecular complexity index is 731. The van der Waals surface area contributed by atoms with Crippen LogP contribution < -0.4 is 5.32 Å². The third-order valence-electron chi connectivity index (χ3n) is 5.07. The maximum Gasteiger partial charge on any atom is 0.289 e. The average Bonchev–Trinajstić information content (AvgIpc) is 2.90. The van der Waals surface area contributed by atoms with E-state index in [4.69, 9.17) is 4.42 Å². The highest BCUT2D eigenvalue weighted by Gasteiger charge is 2.27. The van der Waals surface area contributed by atoms with Gasteiger partial charge in [0.05, 0.1) is 0 Å². The van der Waals surface area contributed by atoms with E-state index in [0.717, 1.165) is 54.6 Å². The van der Waals surface area contributed by atoms with E-state index in [9.17, 15) is 4.79 Å². The number of likely N-dealkylation sites (tertiary alicyclic amines) is 1. The molecule has 1 aliphatic heterocycles. The number of fused-ring (bicyclic) bond motifs is 1. The molecule has 2 aromatic rings. The number of nitrogens with one attached hydrogen (secondary N) is 1. The summed E-state index contributed by atoms with van der Waals surface area (Å²) >= 11 is 0. The number of halogens is 1. The SMILES string of the molecule is CNCC1CCN(C(=O)c2oc3c(C)ccc(C)c3c2C)CC1.Cl. The Morgan fingerprint density at radius 2 is 1.83 bits per heavy atom. The van der Waals surface area contributed by atoms with Crippen LogP contribution in [0, 0.1) is 26.7 Å². The Kier molecular flexibility index (Phi) is 5.94. The monoisotopic (exact) mass is 350 g/mol. The molecule has 132 valence electrons. The van der Waals surface area contributed by atoms with E-state index in [0.29, 0.717) is 11.7 Å². The molecule has 4 nitrogen and oxygen atoms in total. The third kappa shape index (κ3) is 3.31. The van der Waals surface area contributed by atoms with Crippen molar-refractivity contribution in [2.45, 2.75) is 33.6 Å². The summed E-state index contributed by atoms with van der Waals surface area (Å²) in [5, 5.41) is 4.33. The molecular weight excluding hydrogens is 324 g/mol. The van der Waals surface area contributed by atoms with Crippen LogP contribution in [0.2, 0.25) is 0 Å². The zero-order valence-electron chi connectivity index (χ0n) is 14.9. The van der Waals surface area contributed by atoms with Crippen molar-refractivity contribution in [3.8, 4) is 0 Å². The number of furan rings is 1. The molecule has 1 saturated heterocycles. The van der Waals surface area contributed by atoms with Gasteiger partial charge in [-0.15, -0.1) is 12.4 Å². The summed E-state index contributed by atoms with van der Waals surface area (Å²) in [6.45, 7) is 8.77. The molecule has 1 amide bonds. The van der Waals surface area contributed by atoms with E-state index in [1.807, 2.05) is 25.8 Å². The number of aryl methyl sites for hydroxylation is 3. The van der Waals surface area contributed by atoms with Crippen molar-refractivity contribution in [1.29, 1.82) is 0 Å². The maximum atomic E-state index is 12.9. The quantitative estimate of drug-likeness (QED) is 0.914. The zero-order chi connectivity index (χ0) is 16.6. The summed E-state index contributed by atoms with van der Waals surface area (Å²) in [5.74, 6) is 1.23. The predicted octanol–water partition coefficient (Wildman–Crippen LogP) is 3.85. The summed E-state index contributed by atoms with van der Waals surface area (Å²) in [6, 6.07) is 4.15. The van der Waals surface area contributed by atoms with Crippen LogP contribution in [0.25, 0.3) is 11.0 Å². The normalized spacial score (nSPS) is 15.6. The minimum Gasteiger partial charge on any atom is -0.450 e. The second-order valence-corrected chi connectivity index (χ2v) is 6.75. The lowest BCUT2D eigenvalue weighted by Gasteiger charge is -2.31. The highest BCUT2D eigenvalue weighted by atomic mass is 35.5. The molecule has 2 heterocycles. The zero-order valence-corrected chi connectivity index (χ0v) is 15.8. The first-order chi connectivity index (χ1) is 11.0. The van der Waals surface area contributed by atoms with E-state index in [2.05, 4.69) is 24.4 Å². The lowest BCUT2D eigenvalue weighted by atomic mass is 9.96. The van der Waals surface area contributed by atoms with Crippen LogP contribution in [0.5, 0.6) is 0 Å². The fraction of sp³-hybridized carbons (Fsp3) is 0.526. The molecule has 1 aliphatic rings. The van der Waals surface area contributed by atoms with Gasteiger partial charge in [0.2, 0.25) is 0 Å². The second kappa shape index (κ2) is 7.58. The van der Waals surface area contributed by atoms with Gasteiger partial charge in [0.25, 0.3) is 5.91 Å². The lowest BCUT2D eigenvalue weighted by Crippen LogP contribution is -2.40. The summed E-state index contributed by atoms with van der Waals surface area (Å²) in [5.41, 5.74) is 4.08. The van der Waals surface area contributed by atoms with Gasteiger partial charge in [0.1, 0.15) is 5.58 Å². The highest BCUT2D eigenvalue weighted by Crippen LogP contribution is 2.32. The van der Waals surface area contributed by atoms with Crippen LogP contribution in [-0.2, 0) is 0 Å². The molecule has 0 saturated carbocycles. The van der Waals surface area contributed by atoms with Crippen molar-refractivity contribution in [2.24, 2.45) is 5.92 Å². The number of hydrogen-bond acceptors (Lipinski definition) is 3. The summed E-state index contributed by atoms with van der Waals surface area (Å²) in [4.78, 5) is 14.8. The lowest BCUT2D eigenvalue weighted by molar-refractivity contribution is 0.0660. The van der Waals surface area contributed by atoms with Crippen molar-refractivity contribution in [3.05, 3.63) is 34.6 Å². The van der Waals surface area contributed by atoms with Crippen LogP contribution in [-0.4, -0.2) is 37.5 Å². The minimum absolute atomic E-state index is 0. The molecule has 1 N–H and O–H groups in total. The molecule has 24 heavy (non-hydrogen) atoms. The smallest absolute Gasteiger partial charge is 0.289 e. The van der Waals surface area contributed by atoms with Gasteiger partial charge in [-0.05, 0) is 64.3 Å². The number of rotatable bonds is 3. The molecule has 3 rings (SSSR count).